The Morgan fingerprint density at radius 3 is 2.62 bits per heavy atom. The van der Waals surface area contributed by atoms with E-state index in [1.165, 1.54) is 5.56 Å². The van der Waals surface area contributed by atoms with Gasteiger partial charge in [0.25, 0.3) is 5.65 Å². The summed E-state index contributed by atoms with van der Waals surface area (Å²) in [6, 6.07) is 10.3. The molecule has 0 spiro atoms. The summed E-state index contributed by atoms with van der Waals surface area (Å²) in [5, 5.41) is 0. The first-order chi connectivity index (χ1) is 10.3. The van der Waals surface area contributed by atoms with Crippen LogP contribution in [0, 0.1) is 0 Å². The number of aromatic nitrogens is 5. The van der Waals surface area contributed by atoms with E-state index in [2.05, 4.69) is 46.6 Å². The third-order valence-electron chi connectivity index (χ3n) is 3.52. The third kappa shape index (κ3) is 1.90. The third-order valence-corrected chi connectivity index (χ3v) is 3.52. The standard InChI is InChI=1S/C16H14N5/c1-19-15-16(18-10-9-17-15)20-11-14(12-21(19)20)8-7-13-5-3-2-4-6-13/h2-12H,1H3/q+1/b8-7+. The number of fused-ring (bicyclic) bond motifs is 3. The maximum absolute atomic E-state index is 4.40. The molecule has 0 unspecified atom stereocenters. The fourth-order valence-electron chi connectivity index (χ4n) is 2.47. The van der Waals surface area contributed by atoms with Gasteiger partial charge in [0.1, 0.15) is 12.4 Å². The molecule has 0 bridgehead atoms. The highest BCUT2D eigenvalue weighted by atomic mass is 15.6. The Hall–Kier alpha value is -2.95. The van der Waals surface area contributed by atoms with Gasteiger partial charge in [-0.1, -0.05) is 41.0 Å². The average molecular weight is 276 g/mol. The monoisotopic (exact) mass is 276 g/mol. The fourth-order valence-corrected chi connectivity index (χ4v) is 2.47. The van der Waals surface area contributed by atoms with Gasteiger partial charge >= 0.3 is 5.65 Å². The molecule has 3 aromatic heterocycles. The molecular formula is C16H14N5+. The minimum absolute atomic E-state index is 0.847. The maximum Gasteiger partial charge on any atom is 0.346 e. The van der Waals surface area contributed by atoms with Crippen LogP contribution in [0.3, 0.4) is 0 Å². The molecule has 0 radical (unpaired) electrons. The number of benzene rings is 1. The lowest BCUT2D eigenvalue weighted by Crippen LogP contribution is -2.26. The Labute approximate surface area is 121 Å². The molecule has 0 fully saturated rings. The Balaban J connectivity index is 1.81. The van der Waals surface area contributed by atoms with Crippen molar-refractivity contribution in [3.63, 3.8) is 0 Å². The van der Waals surface area contributed by atoms with Crippen molar-refractivity contribution >= 4 is 23.4 Å². The number of rotatable bonds is 2. The van der Waals surface area contributed by atoms with Crippen LogP contribution in [0.2, 0.25) is 0 Å². The van der Waals surface area contributed by atoms with E-state index in [1.807, 2.05) is 39.1 Å². The predicted octanol–water partition coefficient (Wildman–Crippen LogP) is 1.98. The van der Waals surface area contributed by atoms with Gasteiger partial charge in [-0.25, -0.2) is 4.98 Å². The van der Waals surface area contributed by atoms with Crippen molar-refractivity contribution in [2.75, 3.05) is 0 Å². The molecule has 0 atom stereocenters. The lowest BCUT2D eigenvalue weighted by Gasteiger charge is -1.89. The Bertz CT molecular complexity index is 947. The quantitative estimate of drug-likeness (QED) is 0.525. The van der Waals surface area contributed by atoms with Crippen molar-refractivity contribution < 1.29 is 4.52 Å². The van der Waals surface area contributed by atoms with E-state index < -0.39 is 0 Å². The molecule has 5 heteroatoms. The SMILES string of the molecule is Cn1c2nccnc2[n+]2cc(/C=C/c3ccccc3)cn12. The molecule has 102 valence electrons. The molecular weight excluding hydrogens is 262 g/mol. The first kappa shape index (κ1) is 11.8. The maximum atomic E-state index is 4.40. The van der Waals surface area contributed by atoms with Gasteiger partial charge in [0.05, 0.1) is 19.4 Å². The van der Waals surface area contributed by atoms with E-state index >= 15 is 0 Å². The molecule has 0 aliphatic carbocycles. The highest BCUT2D eigenvalue weighted by Crippen LogP contribution is 2.09. The molecule has 3 heterocycles. The highest BCUT2D eigenvalue weighted by molar-refractivity contribution is 5.69. The van der Waals surface area contributed by atoms with Gasteiger partial charge in [-0.05, 0) is 11.6 Å². The summed E-state index contributed by atoms with van der Waals surface area (Å²) >= 11 is 0. The zero-order valence-electron chi connectivity index (χ0n) is 11.6. The largest absolute Gasteiger partial charge is 0.346 e. The van der Waals surface area contributed by atoms with Crippen LogP contribution in [0.4, 0.5) is 0 Å². The predicted molar refractivity (Wildman–Crippen MR) is 80.5 cm³/mol. The summed E-state index contributed by atoms with van der Waals surface area (Å²) in [6.07, 6.45) is 11.7. The van der Waals surface area contributed by atoms with Crippen LogP contribution < -0.4 is 4.52 Å². The van der Waals surface area contributed by atoms with Crippen LogP contribution >= 0.6 is 0 Å². The van der Waals surface area contributed by atoms with E-state index in [0.29, 0.717) is 0 Å². The zero-order chi connectivity index (χ0) is 14.2. The second-order valence-corrected chi connectivity index (χ2v) is 4.89. The molecule has 4 aromatic rings. The van der Waals surface area contributed by atoms with Crippen LogP contribution in [-0.4, -0.2) is 19.3 Å². The van der Waals surface area contributed by atoms with Gasteiger partial charge in [-0.3, -0.25) is 0 Å². The van der Waals surface area contributed by atoms with Gasteiger partial charge in [-0.2, -0.15) is 4.68 Å². The summed E-state index contributed by atoms with van der Waals surface area (Å²) in [4.78, 5) is 8.75. The molecule has 4 rings (SSSR count). The molecule has 21 heavy (non-hydrogen) atoms. The van der Waals surface area contributed by atoms with E-state index in [-0.39, 0.29) is 0 Å². The van der Waals surface area contributed by atoms with Crippen molar-refractivity contribution in [3.8, 4) is 0 Å². The van der Waals surface area contributed by atoms with E-state index in [9.17, 15) is 0 Å². The molecule has 0 N–H and O–H groups in total. The number of hydrogen-bond donors (Lipinski definition) is 0. The normalized spacial score (nSPS) is 11.9. The van der Waals surface area contributed by atoms with Crippen molar-refractivity contribution in [1.29, 1.82) is 0 Å². The van der Waals surface area contributed by atoms with Gasteiger partial charge in [0, 0.05) is 5.56 Å². The first-order valence-electron chi connectivity index (χ1n) is 6.76. The van der Waals surface area contributed by atoms with Crippen LogP contribution in [0.5, 0.6) is 0 Å². The molecule has 5 nitrogen and oxygen atoms in total. The van der Waals surface area contributed by atoms with Crippen molar-refractivity contribution in [1.82, 2.24) is 19.3 Å². The van der Waals surface area contributed by atoms with Crippen molar-refractivity contribution in [3.05, 3.63) is 66.2 Å². The van der Waals surface area contributed by atoms with Gasteiger partial charge in [0.15, 0.2) is 0 Å². The number of hydrogen-bond acceptors (Lipinski definition) is 2. The summed E-state index contributed by atoms with van der Waals surface area (Å²) in [7, 11) is 1.97. The van der Waals surface area contributed by atoms with Crippen molar-refractivity contribution in [2.24, 2.45) is 7.05 Å². The zero-order valence-corrected chi connectivity index (χ0v) is 11.6. The van der Waals surface area contributed by atoms with Crippen LogP contribution in [-0.2, 0) is 7.05 Å². The summed E-state index contributed by atoms with van der Waals surface area (Å²) in [5.74, 6) is 0. The Morgan fingerprint density at radius 1 is 1.00 bits per heavy atom. The smallest absolute Gasteiger partial charge is 0.214 e. The molecule has 0 aliphatic heterocycles. The molecule has 0 aliphatic rings. The molecule has 1 aromatic carbocycles. The van der Waals surface area contributed by atoms with E-state index in [4.69, 9.17) is 0 Å². The van der Waals surface area contributed by atoms with Gasteiger partial charge in [-0.15, -0.1) is 9.50 Å². The summed E-state index contributed by atoms with van der Waals surface area (Å²) < 4.78 is 5.96. The van der Waals surface area contributed by atoms with Gasteiger partial charge in [0.2, 0.25) is 0 Å². The van der Waals surface area contributed by atoms with E-state index in [0.717, 1.165) is 16.9 Å². The first-order valence-corrected chi connectivity index (χ1v) is 6.76. The number of nitrogens with zero attached hydrogens (tertiary/aromatic N) is 5. The lowest BCUT2D eigenvalue weighted by atomic mass is 10.2. The summed E-state index contributed by atoms with van der Waals surface area (Å²) in [5.41, 5.74) is 4.00. The van der Waals surface area contributed by atoms with Crippen LogP contribution in [0.25, 0.3) is 23.4 Å². The summed E-state index contributed by atoms with van der Waals surface area (Å²) in [6.45, 7) is 0. The van der Waals surface area contributed by atoms with Crippen LogP contribution in [0.15, 0.2) is 55.1 Å². The molecule has 0 saturated heterocycles. The topological polar surface area (TPSA) is 39.2 Å². The van der Waals surface area contributed by atoms with E-state index in [1.54, 1.807) is 12.4 Å². The van der Waals surface area contributed by atoms with Crippen molar-refractivity contribution in [2.45, 2.75) is 0 Å². The van der Waals surface area contributed by atoms with Gasteiger partial charge < -0.3 is 0 Å². The Morgan fingerprint density at radius 2 is 1.76 bits per heavy atom. The molecule has 0 amide bonds. The second kappa shape index (κ2) is 4.56. The van der Waals surface area contributed by atoms with Crippen LogP contribution in [0.1, 0.15) is 11.1 Å². The second-order valence-electron chi connectivity index (χ2n) is 4.89. The minimum Gasteiger partial charge on any atom is -0.214 e. The number of aryl methyl sites for hydroxylation is 1. The fraction of sp³-hybridized carbons (Fsp3) is 0.0625. The minimum atomic E-state index is 0.847. The Kier molecular flexibility index (Phi) is 2.57. The average Bonchev–Trinajstić information content (AvgIpc) is 3.07. The molecule has 0 saturated carbocycles. The lowest BCUT2D eigenvalue weighted by molar-refractivity contribution is -0.597. The highest BCUT2D eigenvalue weighted by Gasteiger charge is 2.17.